The van der Waals surface area contributed by atoms with Crippen LogP contribution in [0.2, 0.25) is 0 Å². The van der Waals surface area contributed by atoms with Crippen molar-refractivity contribution in [3.05, 3.63) is 47.5 Å². The van der Waals surface area contributed by atoms with Gasteiger partial charge in [0, 0.05) is 24.4 Å². The molecule has 7 aliphatic rings. The van der Waals surface area contributed by atoms with Crippen LogP contribution in [-0.2, 0) is 6.42 Å². The first-order valence-electron chi connectivity index (χ1n) is 12.3. The van der Waals surface area contributed by atoms with Crippen molar-refractivity contribution in [1.82, 2.24) is 9.80 Å². The maximum Gasteiger partial charge on any atom is 0.125 e. The predicted octanol–water partition coefficient (Wildman–Crippen LogP) is 5.60. The number of hydrogen-bond acceptors (Lipinski definition) is 3. The van der Waals surface area contributed by atoms with E-state index in [1.807, 2.05) is 0 Å². The van der Waals surface area contributed by atoms with Gasteiger partial charge in [-0.25, -0.2) is 0 Å². The van der Waals surface area contributed by atoms with E-state index in [0.29, 0.717) is 23.4 Å². The fourth-order valence-corrected chi connectivity index (χ4v) is 7.32. The Labute approximate surface area is 175 Å². The highest BCUT2D eigenvalue weighted by molar-refractivity contribution is 5.42. The molecule has 2 fully saturated rings. The van der Waals surface area contributed by atoms with Crippen molar-refractivity contribution < 1.29 is 4.42 Å². The maximum absolute atomic E-state index is 6.69. The zero-order valence-corrected chi connectivity index (χ0v) is 17.8. The molecule has 2 saturated heterocycles. The van der Waals surface area contributed by atoms with Crippen molar-refractivity contribution in [3.63, 3.8) is 0 Å². The van der Waals surface area contributed by atoms with Crippen LogP contribution in [0.3, 0.4) is 0 Å². The summed E-state index contributed by atoms with van der Waals surface area (Å²) < 4.78 is 6.69. The molecule has 5 atom stereocenters. The molecule has 1 aromatic heterocycles. The molecular formula is C26H36N2O. The topological polar surface area (TPSA) is 19.6 Å². The van der Waals surface area contributed by atoms with Gasteiger partial charge in [0.1, 0.15) is 11.5 Å². The second kappa shape index (κ2) is 7.42. The molecule has 156 valence electrons. The number of piperidine rings is 1. The Hall–Kier alpha value is -1.32. The number of rotatable bonds is 0. The highest BCUT2D eigenvalue weighted by atomic mass is 16.3. The first-order valence-corrected chi connectivity index (χ1v) is 12.3. The van der Waals surface area contributed by atoms with Gasteiger partial charge < -0.3 is 9.32 Å². The van der Waals surface area contributed by atoms with Crippen molar-refractivity contribution in [3.8, 4) is 0 Å². The van der Waals surface area contributed by atoms with Crippen LogP contribution in [0.15, 0.2) is 34.8 Å². The molecule has 6 aliphatic heterocycles. The number of aryl methyl sites for hydroxylation is 1. The summed E-state index contributed by atoms with van der Waals surface area (Å²) in [4.78, 5) is 5.66. The summed E-state index contributed by atoms with van der Waals surface area (Å²) in [5.74, 6) is 3.30. The minimum Gasteiger partial charge on any atom is -0.464 e. The lowest BCUT2D eigenvalue weighted by atomic mass is 9.68. The molecule has 29 heavy (non-hydrogen) atoms. The van der Waals surface area contributed by atoms with Crippen LogP contribution in [0.4, 0.5) is 0 Å². The Bertz CT molecular complexity index is 808. The molecule has 3 nitrogen and oxygen atoms in total. The van der Waals surface area contributed by atoms with Gasteiger partial charge >= 0.3 is 0 Å². The zero-order valence-electron chi connectivity index (χ0n) is 17.8. The molecule has 3 heteroatoms. The van der Waals surface area contributed by atoms with E-state index >= 15 is 0 Å². The van der Waals surface area contributed by atoms with Crippen LogP contribution >= 0.6 is 0 Å². The van der Waals surface area contributed by atoms with E-state index in [4.69, 9.17) is 4.42 Å². The van der Waals surface area contributed by atoms with E-state index in [2.05, 4.69) is 40.2 Å². The molecule has 0 aromatic carbocycles. The summed E-state index contributed by atoms with van der Waals surface area (Å²) >= 11 is 0. The maximum atomic E-state index is 6.69. The molecule has 0 N–H and O–H groups in total. The van der Waals surface area contributed by atoms with Crippen molar-refractivity contribution in [2.75, 3.05) is 26.2 Å². The Morgan fingerprint density at radius 2 is 1.79 bits per heavy atom. The zero-order chi connectivity index (χ0) is 19.3. The summed E-state index contributed by atoms with van der Waals surface area (Å²) in [6.07, 6.45) is 22.5. The van der Waals surface area contributed by atoms with Gasteiger partial charge in [-0.05, 0) is 95.0 Å². The molecule has 6 bridgehead atoms. The van der Waals surface area contributed by atoms with Gasteiger partial charge in [-0.3, -0.25) is 4.90 Å². The van der Waals surface area contributed by atoms with Crippen LogP contribution in [-0.4, -0.2) is 42.0 Å². The molecule has 0 amide bonds. The number of hydrogen-bond donors (Lipinski definition) is 0. The number of nitrogens with zero attached hydrogens (tertiary/aromatic N) is 2. The molecule has 7 heterocycles. The van der Waals surface area contributed by atoms with Gasteiger partial charge in [0.2, 0.25) is 0 Å². The highest BCUT2D eigenvalue weighted by Crippen LogP contribution is 2.67. The second-order valence-electron chi connectivity index (χ2n) is 10.2. The summed E-state index contributed by atoms with van der Waals surface area (Å²) in [5, 5.41) is 0. The van der Waals surface area contributed by atoms with Gasteiger partial charge in [-0.15, -0.1) is 0 Å². The first kappa shape index (κ1) is 18.4. The summed E-state index contributed by atoms with van der Waals surface area (Å²) in [5.41, 5.74) is 1.97. The molecule has 0 saturated carbocycles. The number of allylic oxidation sites excluding steroid dienone is 3. The van der Waals surface area contributed by atoms with Crippen molar-refractivity contribution in [2.45, 2.75) is 82.2 Å². The molecule has 8 rings (SSSR count). The molecule has 1 aromatic rings. The minimum absolute atomic E-state index is 0.378. The van der Waals surface area contributed by atoms with E-state index in [0.717, 1.165) is 12.8 Å². The van der Waals surface area contributed by atoms with Crippen LogP contribution in [0.1, 0.15) is 86.8 Å². The van der Waals surface area contributed by atoms with Gasteiger partial charge in [0.05, 0.1) is 6.04 Å². The smallest absolute Gasteiger partial charge is 0.125 e. The fourth-order valence-electron chi connectivity index (χ4n) is 7.32. The van der Waals surface area contributed by atoms with Gasteiger partial charge in [0.15, 0.2) is 0 Å². The monoisotopic (exact) mass is 392 g/mol. The Kier molecular flexibility index (Phi) is 4.72. The molecule has 0 radical (unpaired) electrons. The first-order chi connectivity index (χ1) is 14.4. The molecule has 1 spiro atoms. The third kappa shape index (κ3) is 2.99. The lowest BCUT2D eigenvalue weighted by molar-refractivity contribution is 0.0364. The summed E-state index contributed by atoms with van der Waals surface area (Å²) in [6.45, 7) is 5.07. The minimum atomic E-state index is 0.378. The quantitative estimate of drug-likeness (QED) is 0.536. The largest absolute Gasteiger partial charge is 0.464 e. The van der Waals surface area contributed by atoms with Crippen molar-refractivity contribution in [2.24, 2.45) is 5.41 Å². The lowest BCUT2D eigenvalue weighted by Gasteiger charge is -2.45. The van der Waals surface area contributed by atoms with Crippen LogP contribution < -0.4 is 0 Å². The number of fused-ring (bicyclic) bond motifs is 2. The van der Waals surface area contributed by atoms with Crippen molar-refractivity contribution >= 4 is 0 Å². The second-order valence-corrected chi connectivity index (χ2v) is 10.2. The standard InChI is InChI=1S/C26H36N2O/c1-2-5-9-14-27-16-13-23-22-17-21(12-8-3-1)29-24(22)25-26(23,19-27)18-20-11-7-4-6-10-15-28(20)25/h1,3,7,11,17,20,23,25H,2,4-6,8-10,12-16,18-19H2/b3-1?,11-7-/t20-,23-,25-,26-/m0/s1. The predicted molar refractivity (Wildman–Crippen MR) is 117 cm³/mol. The van der Waals surface area contributed by atoms with Gasteiger partial charge in [-0.2, -0.15) is 0 Å². The van der Waals surface area contributed by atoms with E-state index in [9.17, 15) is 0 Å². The summed E-state index contributed by atoms with van der Waals surface area (Å²) in [6, 6.07) is 3.59. The van der Waals surface area contributed by atoms with Gasteiger partial charge in [-0.1, -0.05) is 24.3 Å². The molecule has 1 unspecified atom stereocenters. The molecular weight excluding hydrogens is 356 g/mol. The number of furan rings is 1. The average molecular weight is 393 g/mol. The van der Waals surface area contributed by atoms with E-state index in [1.54, 1.807) is 5.56 Å². The SMILES string of the molecule is C1=CCCc2cc3c(o2)[C@@H]2N4CCCC/C=C\[C@H]4C[C@@]24CN(CCCC1)CC[C@@H]34. The van der Waals surface area contributed by atoms with Crippen molar-refractivity contribution in [1.29, 1.82) is 0 Å². The van der Waals surface area contributed by atoms with E-state index < -0.39 is 0 Å². The van der Waals surface area contributed by atoms with Crippen LogP contribution in [0.5, 0.6) is 0 Å². The Morgan fingerprint density at radius 1 is 0.931 bits per heavy atom. The van der Waals surface area contributed by atoms with E-state index in [-0.39, 0.29) is 0 Å². The van der Waals surface area contributed by atoms with E-state index in [1.165, 1.54) is 89.1 Å². The Morgan fingerprint density at radius 3 is 2.76 bits per heavy atom. The molecule has 1 aliphatic carbocycles. The summed E-state index contributed by atoms with van der Waals surface area (Å²) in [7, 11) is 0. The van der Waals surface area contributed by atoms with Crippen LogP contribution in [0.25, 0.3) is 0 Å². The normalized spacial score (nSPS) is 40.7. The fraction of sp³-hybridized carbons (Fsp3) is 0.692. The van der Waals surface area contributed by atoms with Gasteiger partial charge in [0.25, 0.3) is 0 Å². The van der Waals surface area contributed by atoms with Crippen LogP contribution in [0, 0.1) is 5.41 Å². The highest BCUT2D eigenvalue weighted by Gasteiger charge is 2.64. The third-order valence-corrected chi connectivity index (χ3v) is 8.52. The average Bonchev–Trinajstić information content (AvgIpc) is 3.29. The lowest BCUT2D eigenvalue weighted by Crippen LogP contribution is -2.47. The third-order valence-electron chi connectivity index (χ3n) is 8.52. The Balaban J connectivity index is 1.42.